The summed E-state index contributed by atoms with van der Waals surface area (Å²) in [6.07, 6.45) is 1.91. The summed E-state index contributed by atoms with van der Waals surface area (Å²) in [5.41, 5.74) is 12.9. The zero-order valence-electron chi connectivity index (χ0n) is 39.3. The number of para-hydroxylation sites is 2. The van der Waals surface area contributed by atoms with Gasteiger partial charge in [0.2, 0.25) is 0 Å². The number of nitrogens with zero attached hydrogens (tertiary/aromatic N) is 4. The van der Waals surface area contributed by atoms with Gasteiger partial charge in [-0.1, -0.05) is 158 Å². The molecular weight excluding hydrogens is 988 g/mol. The molecule has 0 fully saturated rings. The number of fused-ring (bicyclic) bond motifs is 4. The number of rotatable bonds is 8. The summed E-state index contributed by atoms with van der Waals surface area (Å²) < 4.78 is 9.10. The Bertz CT molecular complexity index is 3180. The number of pyridine rings is 1. The summed E-state index contributed by atoms with van der Waals surface area (Å²) in [6.45, 7) is 20.2. The van der Waals surface area contributed by atoms with Crippen LogP contribution >= 0.6 is 0 Å². The van der Waals surface area contributed by atoms with Gasteiger partial charge in [-0.05, 0) is 86.5 Å². The first kappa shape index (κ1) is 46.1. The van der Waals surface area contributed by atoms with Crippen LogP contribution in [0.15, 0.2) is 170 Å². The first-order valence-corrected chi connectivity index (χ1v) is 22.2. The van der Waals surface area contributed by atoms with Crippen LogP contribution < -0.4 is 14.5 Å². The summed E-state index contributed by atoms with van der Waals surface area (Å²) in [4.78, 5) is 9.46. The summed E-state index contributed by atoms with van der Waals surface area (Å²) in [5, 5.41) is 2.21. The third-order valence-corrected chi connectivity index (χ3v) is 12.7. The predicted octanol–water partition coefficient (Wildman–Crippen LogP) is 16.0. The molecule has 5 nitrogen and oxygen atoms in total. The predicted molar refractivity (Wildman–Crippen MR) is 272 cm³/mol. The molecule has 0 saturated carbocycles. The maximum absolute atomic E-state index is 6.88. The third kappa shape index (κ3) is 8.58. The van der Waals surface area contributed by atoms with Crippen LogP contribution in [-0.2, 0) is 37.3 Å². The van der Waals surface area contributed by atoms with Crippen LogP contribution in [-0.4, -0.2) is 9.55 Å². The van der Waals surface area contributed by atoms with E-state index in [1.807, 2.05) is 12.3 Å². The van der Waals surface area contributed by atoms with Crippen molar-refractivity contribution in [1.82, 2.24) is 9.55 Å². The molecule has 2 aromatic heterocycles. The Hall–Kier alpha value is -6.42. The van der Waals surface area contributed by atoms with Crippen molar-refractivity contribution in [3.63, 3.8) is 0 Å². The second kappa shape index (κ2) is 17.8. The minimum absolute atomic E-state index is 0. The van der Waals surface area contributed by atoms with Crippen LogP contribution in [0, 0.1) is 26.2 Å². The van der Waals surface area contributed by atoms with Crippen molar-refractivity contribution in [2.24, 2.45) is 0 Å². The van der Waals surface area contributed by atoms with Crippen LogP contribution in [0.2, 0.25) is 0 Å². The molecule has 10 rings (SSSR count). The van der Waals surface area contributed by atoms with Crippen molar-refractivity contribution in [1.29, 1.82) is 0 Å². The van der Waals surface area contributed by atoms with E-state index >= 15 is 0 Å². The number of hydrogen-bond donors (Lipinski definition) is 0. The van der Waals surface area contributed by atoms with E-state index in [-0.39, 0.29) is 44.7 Å². The van der Waals surface area contributed by atoms with Gasteiger partial charge >= 0.3 is 21.1 Å². The fourth-order valence-electron chi connectivity index (χ4n) is 8.88. The Morgan fingerprint density at radius 2 is 1.18 bits per heavy atom. The normalized spacial score (nSPS) is 12.8. The average molecular weight is 1040 g/mol. The molecule has 0 radical (unpaired) electrons. The standard InChI is InChI=1S/C59H53N4O.CH3.Pt/c1-57(2,3)43-30-31-60-56(36-43)63-52-29-26-41(40-18-11-9-12-19-40)32-51(52)50-28-27-48(38-55(50)63)64-49-35-45(58(4,5)6)34-47(37-49)62-39-61(53-24-15-16-25-54(53)62)46-23-17-22-44(33-46)59(7,8)42-20-13-10-14-21-42;;/h9-36,39H,1-8H3;1H3;/q-3;-1;+4. The molecular formula is C60H56N4OPt. The molecule has 3 heterocycles. The fraction of sp³-hybridized carbons (Fsp3) is 0.183. The van der Waals surface area contributed by atoms with Gasteiger partial charge < -0.3 is 26.5 Å². The summed E-state index contributed by atoms with van der Waals surface area (Å²) in [6, 6.07) is 65.7. The van der Waals surface area contributed by atoms with Gasteiger partial charge in [0.25, 0.3) is 0 Å². The largest absolute Gasteiger partial charge is 4.00 e. The van der Waals surface area contributed by atoms with Gasteiger partial charge in [-0.2, -0.15) is 6.07 Å². The van der Waals surface area contributed by atoms with Gasteiger partial charge in [-0.15, -0.1) is 53.6 Å². The van der Waals surface area contributed by atoms with Gasteiger partial charge in [-0.25, -0.2) is 4.98 Å². The molecule has 1 aliphatic rings. The van der Waals surface area contributed by atoms with Gasteiger partial charge in [0, 0.05) is 45.7 Å². The van der Waals surface area contributed by atoms with Crippen molar-refractivity contribution in [3.05, 3.63) is 218 Å². The summed E-state index contributed by atoms with van der Waals surface area (Å²) >= 11 is 0. The topological polar surface area (TPSA) is 33.5 Å². The fourth-order valence-corrected chi connectivity index (χ4v) is 8.88. The van der Waals surface area contributed by atoms with E-state index in [1.54, 1.807) is 0 Å². The monoisotopic (exact) mass is 1040 g/mol. The summed E-state index contributed by atoms with van der Waals surface area (Å²) in [5.74, 6) is 2.07. The first-order chi connectivity index (χ1) is 30.7. The molecule has 0 aliphatic carbocycles. The van der Waals surface area contributed by atoms with E-state index in [0.717, 1.165) is 61.5 Å². The molecule has 332 valence electrons. The average Bonchev–Trinajstić information content (AvgIpc) is 3.85. The molecule has 66 heavy (non-hydrogen) atoms. The number of hydrogen-bond acceptors (Lipinski definition) is 4. The molecule has 0 amide bonds. The zero-order valence-corrected chi connectivity index (χ0v) is 41.5. The van der Waals surface area contributed by atoms with Crippen LogP contribution in [0.5, 0.6) is 11.5 Å². The maximum atomic E-state index is 6.88. The van der Waals surface area contributed by atoms with Crippen molar-refractivity contribution in [2.75, 3.05) is 9.80 Å². The SMILES string of the molecule is CC(C)(C)c1cc(Oc2[c-]c3c(cc2)c2cc(-c4ccccc4)ccc2n3-c2cc(C(C)(C)C)ccn2)[c-]c(N2[CH-]N(c3cccc(C(C)(C)c4ccccc4)c3)c3ccccc32)c1.[CH3-].[Pt+4]. The minimum Gasteiger partial charge on any atom is -0.509 e. The zero-order chi connectivity index (χ0) is 44.4. The van der Waals surface area contributed by atoms with Crippen LogP contribution in [0.3, 0.4) is 0 Å². The quantitative estimate of drug-likeness (QED) is 0.142. The van der Waals surface area contributed by atoms with Crippen LogP contribution in [0.25, 0.3) is 38.8 Å². The second-order valence-electron chi connectivity index (χ2n) is 19.5. The van der Waals surface area contributed by atoms with E-state index in [0.29, 0.717) is 11.5 Å². The number of ether oxygens (including phenoxy) is 1. The van der Waals surface area contributed by atoms with E-state index in [1.165, 1.54) is 22.3 Å². The van der Waals surface area contributed by atoms with Crippen molar-refractivity contribution < 1.29 is 25.8 Å². The Balaban J connectivity index is 0.00000296. The molecule has 0 atom stereocenters. The molecule has 0 unspecified atom stereocenters. The molecule has 0 saturated heterocycles. The molecule has 7 aromatic carbocycles. The molecule has 0 spiro atoms. The van der Waals surface area contributed by atoms with Crippen molar-refractivity contribution >= 4 is 44.6 Å². The Morgan fingerprint density at radius 1 is 0.515 bits per heavy atom. The van der Waals surface area contributed by atoms with E-state index in [2.05, 4.69) is 246 Å². The van der Waals surface area contributed by atoms with Gasteiger partial charge in [-0.3, -0.25) is 0 Å². The molecule has 6 heteroatoms. The van der Waals surface area contributed by atoms with Crippen LogP contribution in [0.4, 0.5) is 22.7 Å². The smallest absolute Gasteiger partial charge is 0.509 e. The third-order valence-electron chi connectivity index (χ3n) is 12.7. The second-order valence-corrected chi connectivity index (χ2v) is 19.5. The summed E-state index contributed by atoms with van der Waals surface area (Å²) in [7, 11) is 0. The van der Waals surface area contributed by atoms with Crippen molar-refractivity contribution in [3.8, 4) is 28.4 Å². The van der Waals surface area contributed by atoms with Gasteiger partial charge in [0.05, 0.1) is 0 Å². The number of benzene rings is 7. The van der Waals surface area contributed by atoms with E-state index in [4.69, 9.17) is 9.72 Å². The Labute approximate surface area is 406 Å². The number of aromatic nitrogens is 2. The number of anilines is 4. The van der Waals surface area contributed by atoms with E-state index in [9.17, 15) is 0 Å². The molecule has 0 bridgehead atoms. The molecule has 0 N–H and O–H groups in total. The van der Waals surface area contributed by atoms with Gasteiger partial charge in [0.1, 0.15) is 5.82 Å². The minimum atomic E-state index is -0.177. The first-order valence-electron chi connectivity index (χ1n) is 22.2. The van der Waals surface area contributed by atoms with E-state index < -0.39 is 0 Å². The maximum Gasteiger partial charge on any atom is 4.00 e. The molecule has 1 aliphatic heterocycles. The van der Waals surface area contributed by atoms with Crippen LogP contribution in [0.1, 0.15) is 77.6 Å². The Kier molecular flexibility index (Phi) is 12.4. The van der Waals surface area contributed by atoms with Gasteiger partial charge in [0.15, 0.2) is 0 Å². The van der Waals surface area contributed by atoms with Crippen molar-refractivity contribution in [2.45, 2.75) is 71.6 Å². The molecule has 9 aromatic rings. The Morgan fingerprint density at radius 3 is 1.89 bits per heavy atom.